The van der Waals surface area contributed by atoms with Gasteiger partial charge in [-0.1, -0.05) is 12.1 Å². The minimum Gasteiger partial charge on any atom is -0.335 e. The first-order valence-electron chi connectivity index (χ1n) is 9.62. The van der Waals surface area contributed by atoms with Crippen molar-refractivity contribution in [2.45, 2.75) is 17.9 Å². The van der Waals surface area contributed by atoms with Crippen molar-refractivity contribution < 1.29 is 22.0 Å². The number of hydrogen-bond donors (Lipinski definition) is 0. The van der Waals surface area contributed by atoms with Gasteiger partial charge < -0.3 is 9.80 Å². The van der Waals surface area contributed by atoms with Crippen molar-refractivity contribution in [2.24, 2.45) is 0 Å². The van der Waals surface area contributed by atoms with Crippen LogP contribution in [0.15, 0.2) is 47.4 Å². The van der Waals surface area contributed by atoms with Gasteiger partial charge in [-0.3, -0.25) is 4.79 Å². The topological polar surface area (TPSA) is 60.9 Å². The quantitative estimate of drug-likeness (QED) is 0.722. The number of carbonyl (C=O) groups is 1. The standard InChI is InChI=1S/C21H25F2N3O3S/c1-15(16-7-8-19(22)20(23)14-16)25(3)21(27)17-5-4-6-18(13-17)30(28,29)26-11-9-24(2)10-12-26/h4-8,13-15H,9-12H2,1-3H3. The number of hydrogen-bond acceptors (Lipinski definition) is 4. The molecule has 1 amide bonds. The van der Waals surface area contributed by atoms with Crippen LogP contribution in [-0.2, 0) is 10.0 Å². The lowest BCUT2D eigenvalue weighted by molar-refractivity contribution is 0.0742. The molecule has 1 unspecified atom stereocenters. The Labute approximate surface area is 175 Å². The Morgan fingerprint density at radius 1 is 1.03 bits per heavy atom. The van der Waals surface area contributed by atoms with Gasteiger partial charge in [-0.05, 0) is 49.9 Å². The van der Waals surface area contributed by atoms with E-state index in [1.165, 1.54) is 40.5 Å². The van der Waals surface area contributed by atoms with E-state index < -0.39 is 33.6 Å². The number of benzene rings is 2. The largest absolute Gasteiger partial charge is 0.335 e. The first-order valence-corrected chi connectivity index (χ1v) is 11.1. The highest BCUT2D eigenvalue weighted by Crippen LogP contribution is 2.24. The molecule has 6 nitrogen and oxygen atoms in total. The molecule has 1 aliphatic heterocycles. The number of rotatable bonds is 5. The van der Waals surface area contributed by atoms with Crippen molar-refractivity contribution in [3.8, 4) is 0 Å². The molecule has 162 valence electrons. The third-order valence-electron chi connectivity index (χ3n) is 5.51. The lowest BCUT2D eigenvalue weighted by Gasteiger charge is -2.31. The SMILES string of the molecule is CC(c1ccc(F)c(F)c1)N(C)C(=O)c1cccc(S(=O)(=O)N2CCN(C)CC2)c1. The molecule has 0 bridgehead atoms. The van der Waals surface area contributed by atoms with Crippen molar-refractivity contribution in [3.05, 3.63) is 65.2 Å². The van der Waals surface area contributed by atoms with E-state index in [0.29, 0.717) is 31.7 Å². The molecule has 2 aromatic rings. The van der Waals surface area contributed by atoms with Crippen molar-refractivity contribution in [1.82, 2.24) is 14.1 Å². The highest BCUT2D eigenvalue weighted by Gasteiger charge is 2.28. The van der Waals surface area contributed by atoms with E-state index in [9.17, 15) is 22.0 Å². The van der Waals surface area contributed by atoms with E-state index in [0.717, 1.165) is 12.1 Å². The first-order chi connectivity index (χ1) is 14.1. The predicted molar refractivity (Wildman–Crippen MR) is 110 cm³/mol. The van der Waals surface area contributed by atoms with Gasteiger partial charge >= 0.3 is 0 Å². The minimum atomic E-state index is -3.71. The molecule has 1 saturated heterocycles. The van der Waals surface area contributed by atoms with Gasteiger partial charge in [0.1, 0.15) is 0 Å². The molecule has 3 rings (SSSR count). The van der Waals surface area contributed by atoms with Gasteiger partial charge in [0.2, 0.25) is 10.0 Å². The van der Waals surface area contributed by atoms with E-state index >= 15 is 0 Å². The zero-order valence-corrected chi connectivity index (χ0v) is 18.0. The second kappa shape index (κ2) is 8.79. The van der Waals surface area contributed by atoms with Crippen molar-refractivity contribution >= 4 is 15.9 Å². The van der Waals surface area contributed by atoms with Crippen LogP contribution < -0.4 is 0 Å². The van der Waals surface area contributed by atoms with E-state index in [2.05, 4.69) is 4.90 Å². The molecule has 1 atom stereocenters. The second-order valence-corrected chi connectivity index (χ2v) is 9.44. The molecule has 9 heteroatoms. The van der Waals surface area contributed by atoms with E-state index in [1.54, 1.807) is 13.0 Å². The number of sulfonamides is 1. The Kier molecular flexibility index (Phi) is 6.54. The molecule has 1 heterocycles. The fourth-order valence-electron chi connectivity index (χ4n) is 3.34. The summed E-state index contributed by atoms with van der Waals surface area (Å²) in [6.45, 7) is 3.77. The summed E-state index contributed by atoms with van der Waals surface area (Å²) in [5.74, 6) is -2.36. The normalized spacial score (nSPS) is 17.0. The maximum atomic E-state index is 13.6. The summed E-state index contributed by atoms with van der Waals surface area (Å²) in [4.78, 5) is 16.4. The smallest absolute Gasteiger partial charge is 0.254 e. The molecule has 0 spiro atoms. The van der Waals surface area contributed by atoms with Gasteiger partial charge in [-0.15, -0.1) is 0 Å². The molecule has 0 saturated carbocycles. The highest BCUT2D eigenvalue weighted by atomic mass is 32.2. The van der Waals surface area contributed by atoms with Gasteiger partial charge in [0.25, 0.3) is 5.91 Å². The summed E-state index contributed by atoms with van der Waals surface area (Å²) in [5, 5.41) is 0. The maximum absolute atomic E-state index is 13.6. The van der Waals surface area contributed by atoms with Crippen LogP contribution >= 0.6 is 0 Å². The van der Waals surface area contributed by atoms with Crippen LogP contribution in [0, 0.1) is 11.6 Å². The molecule has 2 aromatic carbocycles. The van der Waals surface area contributed by atoms with Crippen molar-refractivity contribution in [3.63, 3.8) is 0 Å². The summed E-state index contributed by atoms with van der Waals surface area (Å²) >= 11 is 0. The average Bonchev–Trinajstić information content (AvgIpc) is 2.74. The van der Waals surface area contributed by atoms with E-state index in [1.807, 2.05) is 7.05 Å². The Bertz CT molecular complexity index is 1040. The molecule has 1 aliphatic rings. The zero-order valence-electron chi connectivity index (χ0n) is 17.2. The summed E-state index contributed by atoms with van der Waals surface area (Å²) in [5.41, 5.74) is 0.646. The number of amides is 1. The fraction of sp³-hybridized carbons (Fsp3) is 0.381. The number of likely N-dealkylation sites (N-methyl/N-ethyl adjacent to an activating group) is 1. The van der Waals surface area contributed by atoms with Crippen LogP contribution in [0.3, 0.4) is 0 Å². The monoisotopic (exact) mass is 437 g/mol. The van der Waals surface area contributed by atoms with E-state index in [-0.39, 0.29) is 10.5 Å². The first kappa shape index (κ1) is 22.3. The van der Waals surface area contributed by atoms with Gasteiger partial charge in [0, 0.05) is 38.8 Å². The molecule has 0 N–H and O–H groups in total. The second-order valence-electron chi connectivity index (χ2n) is 7.50. The third-order valence-corrected chi connectivity index (χ3v) is 7.40. The van der Waals surface area contributed by atoms with Crippen LogP contribution in [0.5, 0.6) is 0 Å². The lowest BCUT2D eigenvalue weighted by Crippen LogP contribution is -2.47. The van der Waals surface area contributed by atoms with Gasteiger partial charge in [0.15, 0.2) is 11.6 Å². The Hall–Kier alpha value is -2.36. The number of carbonyl (C=O) groups excluding carboxylic acids is 1. The van der Waals surface area contributed by atoms with Crippen LogP contribution in [0.25, 0.3) is 0 Å². The van der Waals surface area contributed by atoms with Crippen LogP contribution in [0.4, 0.5) is 8.78 Å². The Balaban J connectivity index is 1.82. The summed E-state index contributed by atoms with van der Waals surface area (Å²) in [6.07, 6.45) is 0. The fourth-order valence-corrected chi connectivity index (χ4v) is 4.81. The summed E-state index contributed by atoms with van der Waals surface area (Å²) in [6, 6.07) is 8.87. The number of piperazine rings is 1. The molecule has 0 aromatic heterocycles. The van der Waals surface area contributed by atoms with Crippen LogP contribution in [-0.4, -0.2) is 68.7 Å². The minimum absolute atomic E-state index is 0.0618. The number of nitrogens with zero attached hydrogens (tertiary/aromatic N) is 3. The Morgan fingerprint density at radius 3 is 2.33 bits per heavy atom. The van der Waals surface area contributed by atoms with Gasteiger partial charge in [-0.25, -0.2) is 17.2 Å². The molecular weight excluding hydrogens is 412 g/mol. The molecule has 30 heavy (non-hydrogen) atoms. The molecular formula is C21H25F2N3O3S. The molecule has 1 fully saturated rings. The van der Waals surface area contributed by atoms with Crippen LogP contribution in [0.2, 0.25) is 0 Å². The van der Waals surface area contributed by atoms with Gasteiger partial charge in [0.05, 0.1) is 10.9 Å². The lowest BCUT2D eigenvalue weighted by atomic mass is 10.1. The maximum Gasteiger partial charge on any atom is 0.254 e. The average molecular weight is 438 g/mol. The number of halogens is 2. The zero-order chi connectivity index (χ0) is 22.1. The molecule has 0 aliphatic carbocycles. The van der Waals surface area contributed by atoms with Crippen LogP contribution in [0.1, 0.15) is 28.9 Å². The van der Waals surface area contributed by atoms with E-state index in [4.69, 9.17) is 0 Å². The van der Waals surface area contributed by atoms with Crippen molar-refractivity contribution in [1.29, 1.82) is 0 Å². The highest BCUT2D eigenvalue weighted by molar-refractivity contribution is 7.89. The summed E-state index contributed by atoms with van der Waals surface area (Å²) < 4.78 is 54.1. The van der Waals surface area contributed by atoms with Gasteiger partial charge in [-0.2, -0.15) is 4.31 Å². The van der Waals surface area contributed by atoms with Crippen molar-refractivity contribution in [2.75, 3.05) is 40.3 Å². The summed E-state index contributed by atoms with van der Waals surface area (Å²) in [7, 11) is -0.230. The Morgan fingerprint density at radius 2 is 1.70 bits per heavy atom. The predicted octanol–water partition coefficient (Wildman–Crippen LogP) is 2.73. The molecule has 0 radical (unpaired) electrons. The third kappa shape index (κ3) is 4.53.